The maximum atomic E-state index is 15.8. The molecule has 0 aliphatic carbocycles. The minimum absolute atomic E-state index is 0.00192. The predicted octanol–water partition coefficient (Wildman–Crippen LogP) is 5.14. The van der Waals surface area contributed by atoms with E-state index in [9.17, 15) is 32.0 Å². The molecule has 0 radical (unpaired) electrons. The van der Waals surface area contributed by atoms with Crippen LogP contribution in [0.1, 0.15) is 60.0 Å². The van der Waals surface area contributed by atoms with E-state index in [0.29, 0.717) is 34.9 Å². The number of ketones is 1. The number of aromatic nitrogens is 3. The Labute approximate surface area is 396 Å². The summed E-state index contributed by atoms with van der Waals surface area (Å²) in [7, 11) is -4.36. The number of urea groups is 1. The molecule has 69 heavy (non-hydrogen) atoms. The first-order valence-electron chi connectivity index (χ1n) is 23.4. The standard InChI is InChI=1S/C48H52F3N11O6S/c49-32-14-19-61(28-32)69(67,68)57-38-8-7-37(50)42(43(38)51)44(64)36-26-54-45-35(36)24-31(25-53-45)30-3-5-33(6-4-30)59-22-20-58(21-23-59)27-29-12-17-60(18-13-29)40-11-15-52-46-34(40)2-1-16-62(46)48(66)55-39-9-10-41(63)56-47(39)65/h3-8,11,15,24-26,29,32,39,57H,1-2,9-10,12-14,16-23,27-28H2,(H,53,54)(H,55,66)(H,56,63,65)/t32-,39+/m1/s1. The van der Waals surface area contributed by atoms with Crippen LogP contribution >= 0.6 is 0 Å². The number of nitrogens with one attached hydrogen (secondary N) is 4. The number of piperazine rings is 1. The second-order valence-electron chi connectivity index (χ2n) is 18.4. The number of aromatic amines is 1. The number of rotatable bonds is 11. The summed E-state index contributed by atoms with van der Waals surface area (Å²) in [6.45, 7) is 6.42. The molecule has 2 atom stereocenters. The van der Waals surface area contributed by atoms with Gasteiger partial charge in [-0.05, 0) is 86.4 Å². The van der Waals surface area contributed by atoms with Crippen LogP contribution in [0.2, 0.25) is 0 Å². The Hall–Kier alpha value is -6.58. The van der Waals surface area contributed by atoms with E-state index in [4.69, 9.17) is 0 Å². The Morgan fingerprint density at radius 1 is 0.841 bits per heavy atom. The van der Waals surface area contributed by atoms with Crippen LogP contribution in [0.25, 0.3) is 22.2 Å². The van der Waals surface area contributed by atoms with Gasteiger partial charge in [0.05, 0.1) is 11.3 Å². The lowest BCUT2D eigenvalue weighted by Gasteiger charge is -2.41. The molecule has 5 aromatic rings. The fourth-order valence-electron chi connectivity index (χ4n) is 10.2. The number of halogens is 3. The van der Waals surface area contributed by atoms with Crippen LogP contribution in [0.3, 0.4) is 0 Å². The number of benzene rings is 2. The molecule has 2 aromatic carbocycles. The molecule has 4 saturated heterocycles. The van der Waals surface area contributed by atoms with Crippen LogP contribution in [0, 0.1) is 17.6 Å². The van der Waals surface area contributed by atoms with Crippen molar-refractivity contribution < 1.29 is 40.8 Å². The molecule has 5 aliphatic heterocycles. The molecule has 0 unspecified atom stereocenters. The molecule has 0 saturated carbocycles. The fraction of sp³-hybridized carbons (Fsp3) is 0.417. The molecule has 5 aliphatic rings. The zero-order valence-electron chi connectivity index (χ0n) is 37.7. The minimum Gasteiger partial charge on any atom is -0.371 e. The number of carbonyl (C=O) groups excluding carboxylic acids is 4. The van der Waals surface area contributed by atoms with Crippen molar-refractivity contribution >= 4 is 67.8 Å². The van der Waals surface area contributed by atoms with Gasteiger partial charge in [0, 0.05) is 124 Å². The minimum atomic E-state index is -4.36. The summed E-state index contributed by atoms with van der Waals surface area (Å²) in [6, 6.07) is 12.4. The Balaban J connectivity index is 0.730. The monoisotopic (exact) mass is 967 g/mol. The summed E-state index contributed by atoms with van der Waals surface area (Å²) in [5.41, 5.74) is 3.44. The number of imide groups is 1. The maximum absolute atomic E-state index is 15.8. The number of amides is 4. The fourth-order valence-corrected chi connectivity index (χ4v) is 11.5. The highest BCUT2D eigenvalue weighted by Crippen LogP contribution is 2.36. The molecule has 21 heteroatoms. The topological polar surface area (TPSA) is 196 Å². The number of hydrogen-bond acceptors (Lipinski definition) is 11. The number of pyridine rings is 2. The van der Waals surface area contributed by atoms with Crippen molar-refractivity contribution in [2.75, 3.05) is 84.9 Å². The summed E-state index contributed by atoms with van der Waals surface area (Å²) in [6.07, 6.45) is 7.51. The predicted molar refractivity (Wildman–Crippen MR) is 253 cm³/mol. The van der Waals surface area contributed by atoms with Gasteiger partial charge in [-0.25, -0.2) is 27.9 Å². The van der Waals surface area contributed by atoms with Crippen molar-refractivity contribution in [2.24, 2.45) is 5.92 Å². The first-order chi connectivity index (χ1) is 33.3. The SMILES string of the molecule is O=C1CC[C@H](NC(=O)N2CCCc3c(N4CCC(CN5CCN(c6ccc(-c7cnc8[nH]cc(C(=O)c9c(F)ccc(NS(=O)(=O)N%10CC[C@@H](F)C%10)c9F)c8c7)cc6)CC5)CC4)ccnc32)C(=O)N1. The van der Waals surface area contributed by atoms with E-state index >= 15 is 8.78 Å². The molecule has 3 aromatic heterocycles. The number of piperidine rings is 2. The zero-order chi connectivity index (χ0) is 48.0. The van der Waals surface area contributed by atoms with E-state index in [-0.39, 0.29) is 49.9 Å². The highest BCUT2D eigenvalue weighted by atomic mass is 32.2. The molecule has 17 nitrogen and oxygen atoms in total. The highest BCUT2D eigenvalue weighted by molar-refractivity contribution is 7.90. The van der Waals surface area contributed by atoms with E-state index in [1.807, 2.05) is 35.1 Å². The Kier molecular flexibility index (Phi) is 12.8. The van der Waals surface area contributed by atoms with E-state index in [1.165, 1.54) is 6.20 Å². The highest BCUT2D eigenvalue weighted by Gasteiger charge is 2.35. The van der Waals surface area contributed by atoms with Crippen molar-refractivity contribution in [3.8, 4) is 11.1 Å². The smallest absolute Gasteiger partial charge is 0.323 e. The molecular weight excluding hydrogens is 916 g/mol. The first-order valence-corrected chi connectivity index (χ1v) is 24.9. The van der Waals surface area contributed by atoms with Gasteiger partial charge in [-0.15, -0.1) is 0 Å². The summed E-state index contributed by atoms with van der Waals surface area (Å²) < 4.78 is 73.2. The van der Waals surface area contributed by atoms with Gasteiger partial charge in [0.1, 0.15) is 29.5 Å². The molecule has 8 heterocycles. The molecule has 362 valence electrons. The Morgan fingerprint density at radius 3 is 2.36 bits per heavy atom. The van der Waals surface area contributed by atoms with Crippen LogP contribution in [-0.4, -0.2) is 134 Å². The van der Waals surface area contributed by atoms with Gasteiger partial charge in [-0.3, -0.25) is 34.2 Å². The molecule has 4 N–H and O–H groups in total. The molecule has 4 amide bonds. The van der Waals surface area contributed by atoms with Crippen LogP contribution in [0.4, 0.5) is 40.8 Å². The number of nitrogens with zero attached hydrogens (tertiary/aromatic N) is 7. The van der Waals surface area contributed by atoms with Crippen molar-refractivity contribution in [3.05, 3.63) is 95.4 Å². The molecule has 10 rings (SSSR count). The van der Waals surface area contributed by atoms with Gasteiger partial charge in [0.25, 0.3) is 0 Å². The van der Waals surface area contributed by atoms with Crippen LogP contribution in [0.15, 0.2) is 67.1 Å². The van der Waals surface area contributed by atoms with Crippen LogP contribution in [0.5, 0.6) is 0 Å². The third-order valence-electron chi connectivity index (χ3n) is 14.0. The summed E-state index contributed by atoms with van der Waals surface area (Å²) in [5.74, 6) is -3.19. The van der Waals surface area contributed by atoms with E-state index in [0.717, 1.165) is 110 Å². The van der Waals surface area contributed by atoms with Crippen molar-refractivity contribution in [2.45, 2.75) is 57.2 Å². The number of carbonyl (C=O) groups is 4. The molecular formula is C48H52F3N11O6S. The lowest BCUT2D eigenvalue weighted by Crippen LogP contribution is -2.55. The lowest BCUT2D eigenvalue weighted by atomic mass is 9.94. The second-order valence-corrected chi connectivity index (χ2v) is 20.1. The maximum Gasteiger partial charge on any atom is 0.323 e. The Bertz CT molecular complexity index is 2920. The number of anilines is 4. The summed E-state index contributed by atoms with van der Waals surface area (Å²) >= 11 is 0. The van der Waals surface area contributed by atoms with Crippen molar-refractivity contribution in [1.29, 1.82) is 0 Å². The lowest BCUT2D eigenvalue weighted by molar-refractivity contribution is -0.134. The second kappa shape index (κ2) is 19.1. The number of hydrogen-bond donors (Lipinski definition) is 4. The summed E-state index contributed by atoms with van der Waals surface area (Å²) in [4.78, 5) is 71.9. The number of alkyl halides is 1. The zero-order valence-corrected chi connectivity index (χ0v) is 38.5. The third-order valence-corrected chi connectivity index (χ3v) is 15.5. The average Bonchev–Trinajstić information content (AvgIpc) is 4.00. The van der Waals surface area contributed by atoms with Gasteiger partial charge in [-0.1, -0.05) is 12.1 Å². The van der Waals surface area contributed by atoms with Gasteiger partial charge in [0.15, 0.2) is 5.82 Å². The van der Waals surface area contributed by atoms with Gasteiger partial charge >= 0.3 is 16.2 Å². The largest absolute Gasteiger partial charge is 0.371 e. The van der Waals surface area contributed by atoms with Gasteiger partial charge < -0.3 is 20.1 Å². The van der Waals surface area contributed by atoms with Gasteiger partial charge in [0.2, 0.25) is 17.6 Å². The normalized spacial score (nSPS) is 20.8. The first kappa shape index (κ1) is 46.2. The quantitative estimate of drug-likeness (QED) is 0.101. The van der Waals surface area contributed by atoms with Crippen LogP contribution in [-0.2, 0) is 26.2 Å². The van der Waals surface area contributed by atoms with Crippen LogP contribution < -0.4 is 30.1 Å². The third kappa shape index (κ3) is 9.46. The molecule has 4 fully saturated rings. The molecule has 0 bridgehead atoms. The average molecular weight is 968 g/mol. The van der Waals surface area contributed by atoms with Crippen molar-refractivity contribution in [3.63, 3.8) is 0 Å². The summed E-state index contributed by atoms with van der Waals surface area (Å²) in [5, 5.41) is 5.43. The Morgan fingerprint density at radius 2 is 1.62 bits per heavy atom. The van der Waals surface area contributed by atoms with E-state index < -0.39 is 57.0 Å². The molecule has 0 spiro atoms. The number of fused-ring (bicyclic) bond motifs is 2. The number of H-pyrrole nitrogens is 1. The van der Waals surface area contributed by atoms with E-state index in [2.05, 4.69) is 40.3 Å². The van der Waals surface area contributed by atoms with E-state index in [1.54, 1.807) is 23.4 Å². The van der Waals surface area contributed by atoms with Gasteiger partial charge in [-0.2, -0.15) is 12.7 Å². The van der Waals surface area contributed by atoms with Crippen molar-refractivity contribution in [1.82, 2.24) is 34.8 Å².